The normalized spacial score (nSPS) is 14.3. The molecule has 2 aromatic carbocycles. The lowest BCUT2D eigenvalue weighted by Crippen LogP contribution is -2.46. The first kappa shape index (κ1) is 21.0. The third-order valence-corrected chi connectivity index (χ3v) is 5.39. The molecule has 0 saturated carbocycles. The summed E-state index contributed by atoms with van der Waals surface area (Å²) in [4.78, 5) is 15.3. The van der Waals surface area contributed by atoms with E-state index in [2.05, 4.69) is 5.32 Å². The van der Waals surface area contributed by atoms with Crippen LogP contribution in [0.1, 0.15) is 24.0 Å². The van der Waals surface area contributed by atoms with Gasteiger partial charge >= 0.3 is 0 Å². The van der Waals surface area contributed by atoms with E-state index in [1.807, 2.05) is 47.4 Å². The van der Waals surface area contributed by atoms with Crippen LogP contribution >= 0.6 is 0 Å². The molecule has 6 nitrogen and oxygen atoms in total. The maximum atomic E-state index is 13.3. The largest absolute Gasteiger partial charge is 0.497 e. The molecule has 156 valence electrons. The zero-order valence-electron chi connectivity index (χ0n) is 17.4. The van der Waals surface area contributed by atoms with E-state index in [4.69, 9.17) is 14.2 Å². The third-order valence-electron chi connectivity index (χ3n) is 5.39. The minimum atomic E-state index is 0.136. The number of methoxy groups -OCH3 is 3. The van der Waals surface area contributed by atoms with Crippen molar-refractivity contribution in [2.24, 2.45) is 0 Å². The van der Waals surface area contributed by atoms with Gasteiger partial charge in [-0.1, -0.05) is 18.2 Å². The fraction of sp³-hybridized carbons (Fsp3) is 0.435. The van der Waals surface area contributed by atoms with Gasteiger partial charge in [-0.2, -0.15) is 0 Å². The van der Waals surface area contributed by atoms with Crippen molar-refractivity contribution in [2.45, 2.75) is 31.8 Å². The van der Waals surface area contributed by atoms with Gasteiger partial charge in [-0.15, -0.1) is 0 Å². The van der Waals surface area contributed by atoms with Crippen LogP contribution in [-0.2, 0) is 17.8 Å². The van der Waals surface area contributed by atoms with E-state index in [9.17, 15) is 4.79 Å². The summed E-state index contributed by atoms with van der Waals surface area (Å²) in [5.74, 6) is 2.30. The Labute approximate surface area is 172 Å². The highest BCUT2D eigenvalue weighted by molar-refractivity contribution is 5.79. The molecule has 0 aromatic heterocycles. The van der Waals surface area contributed by atoms with Gasteiger partial charge in [0.1, 0.15) is 5.75 Å². The molecule has 0 atom stereocenters. The molecule has 1 N–H and O–H groups in total. The Balaban J connectivity index is 1.79. The molecule has 1 fully saturated rings. The average molecular weight is 399 g/mol. The van der Waals surface area contributed by atoms with Gasteiger partial charge in [-0.05, 0) is 61.3 Å². The van der Waals surface area contributed by atoms with Crippen LogP contribution in [0.25, 0.3) is 0 Å². The van der Waals surface area contributed by atoms with E-state index in [1.165, 1.54) is 0 Å². The summed E-state index contributed by atoms with van der Waals surface area (Å²) in [6, 6.07) is 13.8. The number of piperidine rings is 1. The van der Waals surface area contributed by atoms with Crippen molar-refractivity contribution in [2.75, 3.05) is 34.4 Å². The molecule has 1 amide bonds. The summed E-state index contributed by atoms with van der Waals surface area (Å²) in [6.07, 6.45) is 2.30. The molecule has 29 heavy (non-hydrogen) atoms. The Kier molecular flexibility index (Phi) is 7.36. The van der Waals surface area contributed by atoms with Crippen LogP contribution in [-0.4, -0.2) is 51.3 Å². The lowest BCUT2D eigenvalue weighted by atomic mass is 10.0. The highest BCUT2D eigenvalue weighted by Crippen LogP contribution is 2.29. The topological polar surface area (TPSA) is 60.0 Å². The zero-order valence-corrected chi connectivity index (χ0v) is 17.4. The Hall–Kier alpha value is -2.73. The molecule has 0 spiro atoms. The van der Waals surface area contributed by atoms with E-state index < -0.39 is 0 Å². The number of hydrogen-bond acceptors (Lipinski definition) is 5. The fourth-order valence-corrected chi connectivity index (χ4v) is 3.73. The maximum Gasteiger partial charge on any atom is 0.227 e. The number of nitrogens with zero attached hydrogens (tertiary/aromatic N) is 1. The number of ether oxygens (including phenoxy) is 3. The highest BCUT2D eigenvalue weighted by atomic mass is 16.5. The second-order valence-corrected chi connectivity index (χ2v) is 7.22. The van der Waals surface area contributed by atoms with Gasteiger partial charge in [0.05, 0.1) is 27.8 Å². The first-order valence-corrected chi connectivity index (χ1v) is 9.98. The van der Waals surface area contributed by atoms with Crippen molar-refractivity contribution in [3.05, 3.63) is 53.6 Å². The zero-order chi connectivity index (χ0) is 20.6. The molecule has 3 rings (SSSR count). The van der Waals surface area contributed by atoms with Gasteiger partial charge in [0, 0.05) is 12.6 Å². The summed E-state index contributed by atoms with van der Waals surface area (Å²) < 4.78 is 16.0. The predicted octanol–water partition coefficient (Wildman–Crippen LogP) is 3.04. The average Bonchev–Trinajstić information content (AvgIpc) is 2.78. The number of carbonyl (C=O) groups excluding carboxylic acids is 1. The molecular weight excluding hydrogens is 368 g/mol. The SMILES string of the molecule is COc1ccc(CC(=O)N(Cc2ccc(OC)c(OC)c2)C2CCNCC2)cc1. The number of nitrogens with one attached hydrogen (secondary N) is 1. The molecule has 0 unspecified atom stereocenters. The van der Waals surface area contributed by atoms with Crippen molar-refractivity contribution in [3.8, 4) is 17.2 Å². The highest BCUT2D eigenvalue weighted by Gasteiger charge is 2.26. The molecule has 0 aliphatic carbocycles. The van der Waals surface area contributed by atoms with Crippen LogP contribution in [0.3, 0.4) is 0 Å². The van der Waals surface area contributed by atoms with Crippen LogP contribution in [0, 0.1) is 0 Å². The van der Waals surface area contributed by atoms with Gasteiger partial charge in [0.2, 0.25) is 5.91 Å². The number of hydrogen-bond donors (Lipinski definition) is 1. The Morgan fingerprint density at radius 2 is 1.59 bits per heavy atom. The molecule has 6 heteroatoms. The lowest BCUT2D eigenvalue weighted by molar-refractivity contribution is -0.134. The van der Waals surface area contributed by atoms with Gasteiger partial charge in [-0.25, -0.2) is 0 Å². The Morgan fingerprint density at radius 3 is 2.21 bits per heavy atom. The molecule has 1 saturated heterocycles. The van der Waals surface area contributed by atoms with Crippen molar-refractivity contribution >= 4 is 5.91 Å². The third kappa shape index (κ3) is 5.41. The number of amides is 1. The molecule has 1 aliphatic rings. The van der Waals surface area contributed by atoms with Crippen LogP contribution in [0.2, 0.25) is 0 Å². The van der Waals surface area contributed by atoms with Crippen molar-refractivity contribution < 1.29 is 19.0 Å². The second kappa shape index (κ2) is 10.2. The summed E-state index contributed by atoms with van der Waals surface area (Å²) in [7, 11) is 4.89. The molecule has 0 bridgehead atoms. The summed E-state index contributed by atoms with van der Waals surface area (Å²) >= 11 is 0. The number of carbonyl (C=O) groups is 1. The van der Waals surface area contributed by atoms with Crippen LogP contribution in [0.4, 0.5) is 0 Å². The predicted molar refractivity (Wildman–Crippen MR) is 113 cm³/mol. The van der Waals surface area contributed by atoms with Gasteiger partial charge in [-0.3, -0.25) is 4.79 Å². The standard InChI is InChI=1S/C23H30N2O4/c1-27-20-7-4-17(5-8-20)15-23(26)25(19-10-12-24-13-11-19)16-18-6-9-21(28-2)22(14-18)29-3/h4-9,14,19,24H,10-13,15-16H2,1-3H3. The lowest BCUT2D eigenvalue weighted by Gasteiger charge is -2.35. The Bertz CT molecular complexity index is 801. The molecule has 1 heterocycles. The van der Waals surface area contributed by atoms with E-state index in [-0.39, 0.29) is 11.9 Å². The van der Waals surface area contributed by atoms with E-state index in [0.29, 0.717) is 24.5 Å². The first-order chi connectivity index (χ1) is 14.1. The maximum absolute atomic E-state index is 13.3. The number of benzene rings is 2. The molecular formula is C23H30N2O4. The van der Waals surface area contributed by atoms with Crippen molar-refractivity contribution in [1.82, 2.24) is 10.2 Å². The smallest absolute Gasteiger partial charge is 0.227 e. The summed E-state index contributed by atoms with van der Waals surface area (Å²) in [6.45, 7) is 2.42. The van der Waals surface area contributed by atoms with E-state index in [0.717, 1.165) is 42.8 Å². The van der Waals surface area contributed by atoms with Crippen LogP contribution in [0.5, 0.6) is 17.2 Å². The minimum Gasteiger partial charge on any atom is -0.497 e. The Morgan fingerprint density at radius 1 is 0.931 bits per heavy atom. The molecule has 2 aromatic rings. The van der Waals surface area contributed by atoms with Crippen molar-refractivity contribution in [3.63, 3.8) is 0 Å². The van der Waals surface area contributed by atoms with Crippen LogP contribution < -0.4 is 19.5 Å². The minimum absolute atomic E-state index is 0.136. The number of rotatable bonds is 8. The fourth-order valence-electron chi connectivity index (χ4n) is 3.73. The first-order valence-electron chi connectivity index (χ1n) is 9.98. The summed E-state index contributed by atoms with van der Waals surface area (Å²) in [5, 5.41) is 3.38. The van der Waals surface area contributed by atoms with Gasteiger partial charge in [0.25, 0.3) is 0 Å². The molecule has 1 aliphatic heterocycles. The van der Waals surface area contributed by atoms with Gasteiger partial charge < -0.3 is 24.4 Å². The monoisotopic (exact) mass is 398 g/mol. The summed E-state index contributed by atoms with van der Waals surface area (Å²) in [5.41, 5.74) is 2.02. The van der Waals surface area contributed by atoms with Gasteiger partial charge in [0.15, 0.2) is 11.5 Å². The second-order valence-electron chi connectivity index (χ2n) is 7.22. The molecule has 0 radical (unpaired) electrons. The van der Waals surface area contributed by atoms with Crippen LogP contribution in [0.15, 0.2) is 42.5 Å². The quantitative estimate of drug-likeness (QED) is 0.741. The van der Waals surface area contributed by atoms with E-state index >= 15 is 0 Å². The van der Waals surface area contributed by atoms with E-state index in [1.54, 1.807) is 21.3 Å². The van der Waals surface area contributed by atoms with Crippen molar-refractivity contribution in [1.29, 1.82) is 0 Å².